The molecule has 0 radical (unpaired) electrons. The first-order valence-corrected chi connectivity index (χ1v) is 6.83. The summed E-state index contributed by atoms with van der Waals surface area (Å²) in [5, 5.41) is 7.99. The van der Waals surface area contributed by atoms with Gasteiger partial charge in [-0.1, -0.05) is 23.3 Å². The number of allylic oxidation sites excluding steroid dienone is 2. The Balaban J connectivity index is 1.94. The zero-order valence-corrected chi connectivity index (χ0v) is 12.4. The van der Waals surface area contributed by atoms with Gasteiger partial charge in [-0.15, -0.1) is 0 Å². The summed E-state index contributed by atoms with van der Waals surface area (Å²) in [6.45, 7) is 6.26. The van der Waals surface area contributed by atoms with Gasteiger partial charge >= 0.3 is 0 Å². The van der Waals surface area contributed by atoms with E-state index in [1.807, 2.05) is 6.07 Å². The Hall–Kier alpha value is -1.68. The maximum atomic E-state index is 5.24. The first-order valence-electron chi connectivity index (χ1n) is 6.42. The van der Waals surface area contributed by atoms with Crippen LogP contribution in [-0.4, -0.2) is 10.8 Å². The fourth-order valence-electron chi connectivity index (χ4n) is 2.07. The Morgan fingerprint density at radius 2 is 2.00 bits per heavy atom. The maximum Gasteiger partial charge on any atom is 0.191 e. The highest BCUT2D eigenvalue weighted by atomic mass is 32.1. The van der Waals surface area contributed by atoms with Gasteiger partial charge in [0.1, 0.15) is 0 Å². The Labute approximate surface area is 119 Å². The minimum absolute atomic E-state index is 0.525. The van der Waals surface area contributed by atoms with E-state index in [0.717, 1.165) is 24.2 Å². The molecule has 4 heteroatoms. The summed E-state index contributed by atoms with van der Waals surface area (Å²) in [5.74, 6) is 0. The molecule has 100 valence electrons. The second-order valence-corrected chi connectivity index (χ2v) is 5.39. The standard InChI is InChI=1S/C15H19N3S/c1-10-5-7-14(12(3)8-10)16-15(19)18-17-13-6-4-11(2)9-13/h5,7-9H,4,6H2,1-3H3,(H2,16,18,19)/b17-13-. The van der Waals surface area contributed by atoms with Gasteiger partial charge in [0.2, 0.25) is 0 Å². The largest absolute Gasteiger partial charge is 0.331 e. The number of hydrogen-bond donors (Lipinski definition) is 2. The molecule has 2 N–H and O–H groups in total. The lowest BCUT2D eigenvalue weighted by Crippen LogP contribution is -2.25. The van der Waals surface area contributed by atoms with Crippen LogP contribution in [-0.2, 0) is 0 Å². The van der Waals surface area contributed by atoms with Crippen LogP contribution in [0.2, 0.25) is 0 Å². The smallest absolute Gasteiger partial charge is 0.191 e. The quantitative estimate of drug-likeness (QED) is 0.637. The number of hydrazone groups is 1. The highest BCUT2D eigenvalue weighted by Crippen LogP contribution is 2.16. The molecule has 1 aromatic carbocycles. The van der Waals surface area contributed by atoms with Crippen molar-refractivity contribution in [2.45, 2.75) is 33.6 Å². The SMILES string of the molecule is CC1=C/C(=N\NC(=S)Nc2ccc(C)cc2C)CC1. The van der Waals surface area contributed by atoms with Crippen molar-refractivity contribution in [1.82, 2.24) is 5.43 Å². The molecule has 2 rings (SSSR count). The van der Waals surface area contributed by atoms with Crippen LogP contribution < -0.4 is 10.7 Å². The Bertz CT molecular complexity index is 559. The summed E-state index contributed by atoms with van der Waals surface area (Å²) in [6, 6.07) is 6.22. The third-order valence-corrected chi connectivity index (χ3v) is 3.31. The lowest BCUT2D eigenvalue weighted by Gasteiger charge is -2.10. The van der Waals surface area contributed by atoms with E-state index in [4.69, 9.17) is 12.2 Å². The van der Waals surface area contributed by atoms with Gasteiger partial charge in [0, 0.05) is 5.69 Å². The third-order valence-electron chi connectivity index (χ3n) is 3.12. The van der Waals surface area contributed by atoms with Crippen molar-refractivity contribution < 1.29 is 0 Å². The van der Waals surface area contributed by atoms with E-state index in [9.17, 15) is 0 Å². The van der Waals surface area contributed by atoms with Crippen molar-refractivity contribution in [2.75, 3.05) is 5.32 Å². The first-order chi connectivity index (χ1) is 9.04. The molecule has 0 atom stereocenters. The van der Waals surface area contributed by atoms with E-state index in [1.165, 1.54) is 16.7 Å². The topological polar surface area (TPSA) is 36.4 Å². The molecule has 1 aromatic rings. The number of benzene rings is 1. The zero-order valence-electron chi connectivity index (χ0n) is 11.6. The molecule has 0 heterocycles. The Kier molecular flexibility index (Phi) is 4.32. The van der Waals surface area contributed by atoms with E-state index in [0.29, 0.717) is 5.11 Å². The Morgan fingerprint density at radius 1 is 1.21 bits per heavy atom. The predicted octanol–water partition coefficient (Wildman–Crippen LogP) is 3.69. The molecular formula is C15H19N3S. The third kappa shape index (κ3) is 3.89. The fourth-order valence-corrected chi connectivity index (χ4v) is 2.22. The van der Waals surface area contributed by atoms with Crippen LogP contribution in [0.3, 0.4) is 0 Å². The molecule has 0 aromatic heterocycles. The summed E-state index contributed by atoms with van der Waals surface area (Å²) in [6.07, 6.45) is 4.19. The number of nitrogens with zero attached hydrogens (tertiary/aromatic N) is 1. The summed E-state index contributed by atoms with van der Waals surface area (Å²) in [5.41, 5.74) is 8.76. The predicted molar refractivity (Wildman–Crippen MR) is 85.7 cm³/mol. The molecule has 19 heavy (non-hydrogen) atoms. The molecule has 3 nitrogen and oxygen atoms in total. The van der Waals surface area contributed by atoms with Gasteiger partial charge in [0.15, 0.2) is 5.11 Å². The number of nitrogens with one attached hydrogen (secondary N) is 2. The summed E-state index contributed by atoms with van der Waals surface area (Å²) < 4.78 is 0. The van der Waals surface area contributed by atoms with Gasteiger partial charge in [-0.3, -0.25) is 5.43 Å². The molecule has 0 amide bonds. The van der Waals surface area contributed by atoms with Crippen molar-refractivity contribution in [3.8, 4) is 0 Å². The minimum atomic E-state index is 0.525. The minimum Gasteiger partial charge on any atom is -0.331 e. The number of thiocarbonyl (C=S) groups is 1. The second-order valence-electron chi connectivity index (χ2n) is 4.98. The van der Waals surface area contributed by atoms with Crippen LogP contribution in [0.1, 0.15) is 30.9 Å². The maximum absolute atomic E-state index is 5.24. The molecule has 0 bridgehead atoms. The van der Waals surface area contributed by atoms with Crippen molar-refractivity contribution in [3.63, 3.8) is 0 Å². The molecular weight excluding hydrogens is 254 g/mol. The molecule has 1 aliphatic carbocycles. The van der Waals surface area contributed by atoms with Crippen molar-refractivity contribution in [2.24, 2.45) is 5.10 Å². The lowest BCUT2D eigenvalue weighted by molar-refractivity contribution is 1.00. The van der Waals surface area contributed by atoms with E-state index >= 15 is 0 Å². The van der Waals surface area contributed by atoms with Gasteiger partial charge in [0.25, 0.3) is 0 Å². The molecule has 0 spiro atoms. The highest BCUT2D eigenvalue weighted by Gasteiger charge is 2.07. The van der Waals surface area contributed by atoms with Gasteiger partial charge in [0.05, 0.1) is 5.71 Å². The van der Waals surface area contributed by atoms with Crippen LogP contribution >= 0.6 is 12.2 Å². The van der Waals surface area contributed by atoms with E-state index in [-0.39, 0.29) is 0 Å². The van der Waals surface area contributed by atoms with Crippen molar-refractivity contribution in [3.05, 3.63) is 41.0 Å². The van der Waals surface area contributed by atoms with Gasteiger partial charge in [-0.25, -0.2) is 0 Å². The first kappa shape index (κ1) is 13.7. The van der Waals surface area contributed by atoms with Crippen LogP contribution in [0.5, 0.6) is 0 Å². The molecule has 0 unspecified atom stereocenters. The van der Waals surface area contributed by atoms with Gasteiger partial charge < -0.3 is 5.32 Å². The van der Waals surface area contributed by atoms with Gasteiger partial charge in [-0.2, -0.15) is 5.10 Å². The monoisotopic (exact) mass is 273 g/mol. The number of aryl methyl sites for hydroxylation is 2. The summed E-state index contributed by atoms with van der Waals surface area (Å²) in [4.78, 5) is 0. The average Bonchev–Trinajstić information content (AvgIpc) is 2.76. The zero-order chi connectivity index (χ0) is 13.8. The normalized spacial score (nSPS) is 16.4. The lowest BCUT2D eigenvalue weighted by atomic mass is 10.1. The fraction of sp³-hybridized carbons (Fsp3) is 0.333. The van der Waals surface area contributed by atoms with Crippen LogP contribution in [0.15, 0.2) is 34.9 Å². The summed E-state index contributed by atoms with van der Waals surface area (Å²) in [7, 11) is 0. The van der Waals surface area contributed by atoms with E-state index in [1.54, 1.807) is 0 Å². The molecule has 1 aliphatic rings. The molecule has 0 saturated carbocycles. The van der Waals surface area contributed by atoms with Gasteiger partial charge in [-0.05, 0) is 63.5 Å². The number of hydrogen-bond acceptors (Lipinski definition) is 2. The highest BCUT2D eigenvalue weighted by molar-refractivity contribution is 7.80. The van der Waals surface area contributed by atoms with Crippen molar-refractivity contribution >= 4 is 28.7 Å². The van der Waals surface area contributed by atoms with Crippen LogP contribution in [0, 0.1) is 13.8 Å². The van der Waals surface area contributed by atoms with E-state index in [2.05, 4.69) is 54.8 Å². The van der Waals surface area contributed by atoms with Crippen LogP contribution in [0.4, 0.5) is 5.69 Å². The molecule has 0 fully saturated rings. The second kappa shape index (κ2) is 5.97. The number of anilines is 1. The molecule has 0 aliphatic heterocycles. The van der Waals surface area contributed by atoms with Crippen LogP contribution in [0.25, 0.3) is 0 Å². The van der Waals surface area contributed by atoms with Crippen molar-refractivity contribution in [1.29, 1.82) is 0 Å². The molecule has 0 saturated heterocycles. The van der Waals surface area contributed by atoms with E-state index < -0.39 is 0 Å². The summed E-state index contributed by atoms with van der Waals surface area (Å²) >= 11 is 5.24. The average molecular weight is 273 g/mol. The number of rotatable bonds is 2. The Morgan fingerprint density at radius 3 is 2.63 bits per heavy atom.